The van der Waals surface area contributed by atoms with Gasteiger partial charge in [-0.2, -0.15) is 0 Å². The fourth-order valence-electron chi connectivity index (χ4n) is 4.19. The molecule has 2 aromatic rings. The number of benzene rings is 2. The maximum absolute atomic E-state index is 14.2. The highest BCUT2D eigenvalue weighted by Gasteiger charge is 2.32. The first kappa shape index (κ1) is 28.2. The molecule has 0 amide bonds. The molecule has 0 heterocycles. The number of hydrogen-bond acceptors (Lipinski definition) is 7. The minimum absolute atomic E-state index is 0.162. The highest BCUT2D eigenvalue weighted by Crippen LogP contribution is 2.45. The Labute approximate surface area is 210 Å². The number of methoxy groups -OCH3 is 4. The van der Waals surface area contributed by atoms with E-state index in [0.717, 1.165) is 0 Å². The van der Waals surface area contributed by atoms with Gasteiger partial charge in [-0.15, -0.1) is 0 Å². The van der Waals surface area contributed by atoms with Crippen LogP contribution >= 0.6 is 0 Å². The zero-order valence-electron chi connectivity index (χ0n) is 21.8. The Morgan fingerprint density at radius 2 is 1.06 bits per heavy atom. The Morgan fingerprint density at radius 1 is 0.694 bits per heavy atom. The Morgan fingerprint density at radius 3 is 1.31 bits per heavy atom. The van der Waals surface area contributed by atoms with Gasteiger partial charge in [0.05, 0.1) is 40.5 Å². The molecule has 0 aromatic heterocycles. The van der Waals surface area contributed by atoms with Gasteiger partial charge in [-0.3, -0.25) is 4.79 Å². The van der Waals surface area contributed by atoms with Gasteiger partial charge in [0.15, 0.2) is 28.8 Å². The SMILES string of the molecule is COc1ccc(C(=O)c2ccc(OC)c(OC)c2C(N=[N+]=[N-])C(C)C)c(C(N=[N+]=[N-])C(C)C)c1OC. The van der Waals surface area contributed by atoms with E-state index < -0.39 is 12.1 Å². The number of azide groups is 2. The van der Waals surface area contributed by atoms with Crippen LogP contribution in [0.25, 0.3) is 20.9 Å². The zero-order valence-corrected chi connectivity index (χ0v) is 21.8. The summed E-state index contributed by atoms with van der Waals surface area (Å²) in [7, 11) is 5.89. The number of ether oxygens (including phenoxy) is 4. The second kappa shape index (κ2) is 12.6. The van der Waals surface area contributed by atoms with Crippen LogP contribution in [0.1, 0.15) is 66.8 Å². The van der Waals surface area contributed by atoms with Crippen LogP contribution in [0.4, 0.5) is 0 Å². The molecule has 0 radical (unpaired) electrons. The summed E-state index contributed by atoms with van der Waals surface area (Å²) in [5.41, 5.74) is 19.9. The number of carbonyl (C=O) groups is 1. The van der Waals surface area contributed by atoms with Crippen LogP contribution in [0.15, 0.2) is 34.5 Å². The van der Waals surface area contributed by atoms with E-state index in [9.17, 15) is 15.9 Å². The number of hydrogen-bond donors (Lipinski definition) is 0. The molecule has 2 unspecified atom stereocenters. The van der Waals surface area contributed by atoms with Crippen LogP contribution in [-0.4, -0.2) is 34.2 Å². The molecule has 11 nitrogen and oxygen atoms in total. The summed E-state index contributed by atoms with van der Waals surface area (Å²) in [6.45, 7) is 7.52. The van der Waals surface area contributed by atoms with Crippen molar-refractivity contribution in [2.75, 3.05) is 28.4 Å². The molecule has 36 heavy (non-hydrogen) atoms. The first-order valence-electron chi connectivity index (χ1n) is 11.3. The monoisotopic (exact) mass is 496 g/mol. The fourth-order valence-corrected chi connectivity index (χ4v) is 4.19. The molecule has 2 rings (SSSR count). The third-order valence-corrected chi connectivity index (χ3v) is 5.86. The van der Waals surface area contributed by atoms with Crippen LogP contribution in [0.3, 0.4) is 0 Å². The quantitative estimate of drug-likeness (QED) is 0.134. The van der Waals surface area contributed by atoms with E-state index >= 15 is 0 Å². The topological polar surface area (TPSA) is 152 Å². The number of ketones is 1. The van der Waals surface area contributed by atoms with Crippen LogP contribution < -0.4 is 18.9 Å². The highest BCUT2D eigenvalue weighted by molar-refractivity contribution is 6.12. The second-order valence-electron chi connectivity index (χ2n) is 8.64. The standard InChI is InChI=1S/C25H32N6O5/c1-13(2)21(28-30-26)19-15(9-11-17(33-5)24(19)35-7)23(32)16-10-12-18(34-6)25(36-8)20(16)22(14(3)4)29-31-27/h9-14,21-22H,1-8H3. The van der Waals surface area contributed by atoms with Crippen molar-refractivity contribution in [2.45, 2.75) is 39.8 Å². The fraction of sp³-hybridized carbons (Fsp3) is 0.480. The lowest BCUT2D eigenvalue weighted by molar-refractivity contribution is 0.103. The van der Waals surface area contributed by atoms with E-state index in [0.29, 0.717) is 34.1 Å². The molecule has 0 aliphatic carbocycles. The number of nitrogens with zero attached hydrogens (tertiary/aromatic N) is 6. The first-order chi connectivity index (χ1) is 17.2. The molecule has 2 atom stereocenters. The van der Waals surface area contributed by atoms with Gasteiger partial charge in [0, 0.05) is 32.1 Å². The second-order valence-corrected chi connectivity index (χ2v) is 8.64. The Hall–Kier alpha value is -4.07. The molecule has 0 saturated heterocycles. The van der Waals surface area contributed by atoms with Gasteiger partial charge in [-0.1, -0.05) is 37.9 Å². The van der Waals surface area contributed by atoms with E-state index in [4.69, 9.17) is 18.9 Å². The van der Waals surface area contributed by atoms with E-state index in [1.54, 1.807) is 24.3 Å². The largest absolute Gasteiger partial charge is 0.493 e. The molecule has 0 aliphatic rings. The minimum Gasteiger partial charge on any atom is -0.493 e. The molecule has 0 bridgehead atoms. The Balaban J connectivity index is 3.01. The zero-order chi connectivity index (χ0) is 27.0. The van der Waals surface area contributed by atoms with Gasteiger partial charge in [-0.25, -0.2) is 0 Å². The molecular formula is C25H32N6O5. The lowest BCUT2D eigenvalue weighted by Gasteiger charge is -2.26. The average molecular weight is 497 g/mol. The third kappa shape index (κ3) is 5.43. The minimum atomic E-state index is -0.722. The Bertz CT molecular complexity index is 1110. The summed E-state index contributed by atoms with van der Waals surface area (Å²) in [4.78, 5) is 20.2. The van der Waals surface area contributed by atoms with Crippen molar-refractivity contribution in [1.29, 1.82) is 0 Å². The molecular weight excluding hydrogens is 464 g/mol. The van der Waals surface area contributed by atoms with Crippen molar-refractivity contribution in [3.05, 3.63) is 67.4 Å². The summed E-state index contributed by atoms with van der Waals surface area (Å²) in [6, 6.07) is 5.02. The maximum atomic E-state index is 14.2. The highest BCUT2D eigenvalue weighted by atomic mass is 16.5. The summed E-state index contributed by atoms with van der Waals surface area (Å²) in [6.07, 6.45) is 0. The van der Waals surface area contributed by atoms with Crippen molar-refractivity contribution in [1.82, 2.24) is 0 Å². The van der Waals surface area contributed by atoms with Gasteiger partial charge in [-0.05, 0) is 47.2 Å². The summed E-state index contributed by atoms with van der Waals surface area (Å²) < 4.78 is 22.2. The van der Waals surface area contributed by atoms with Crippen molar-refractivity contribution in [3.8, 4) is 23.0 Å². The molecule has 0 saturated carbocycles. The van der Waals surface area contributed by atoms with E-state index in [1.165, 1.54) is 28.4 Å². The summed E-state index contributed by atoms with van der Waals surface area (Å²) in [5, 5.41) is 7.94. The van der Waals surface area contributed by atoms with Gasteiger partial charge in [0.2, 0.25) is 0 Å². The van der Waals surface area contributed by atoms with Gasteiger partial charge in [0.1, 0.15) is 0 Å². The predicted molar refractivity (Wildman–Crippen MR) is 136 cm³/mol. The number of rotatable bonds is 12. The third-order valence-electron chi connectivity index (χ3n) is 5.86. The smallest absolute Gasteiger partial charge is 0.193 e. The summed E-state index contributed by atoms with van der Waals surface area (Å²) >= 11 is 0. The normalized spacial score (nSPS) is 12.3. The molecule has 0 spiro atoms. The van der Waals surface area contributed by atoms with E-state index in [-0.39, 0.29) is 28.7 Å². The van der Waals surface area contributed by atoms with Gasteiger partial charge in [0.25, 0.3) is 0 Å². The average Bonchev–Trinajstić information content (AvgIpc) is 2.87. The molecule has 11 heteroatoms. The molecule has 0 N–H and O–H groups in total. The molecule has 0 fully saturated rings. The first-order valence-corrected chi connectivity index (χ1v) is 11.3. The van der Waals surface area contributed by atoms with Gasteiger partial charge >= 0.3 is 0 Å². The van der Waals surface area contributed by atoms with Crippen molar-refractivity contribution >= 4 is 5.78 Å². The molecule has 0 aliphatic heterocycles. The van der Waals surface area contributed by atoms with Crippen molar-refractivity contribution in [3.63, 3.8) is 0 Å². The Kier molecular flexibility index (Phi) is 9.84. The van der Waals surface area contributed by atoms with Crippen LogP contribution in [0, 0.1) is 11.8 Å². The van der Waals surface area contributed by atoms with Crippen LogP contribution in [-0.2, 0) is 0 Å². The lowest BCUT2D eigenvalue weighted by atomic mass is 9.84. The van der Waals surface area contributed by atoms with Gasteiger partial charge < -0.3 is 18.9 Å². The lowest BCUT2D eigenvalue weighted by Crippen LogP contribution is -2.17. The van der Waals surface area contributed by atoms with Crippen molar-refractivity contribution in [2.24, 2.45) is 22.1 Å². The van der Waals surface area contributed by atoms with E-state index in [2.05, 4.69) is 20.1 Å². The molecule has 2 aromatic carbocycles. The van der Waals surface area contributed by atoms with Crippen LogP contribution in [0.2, 0.25) is 0 Å². The maximum Gasteiger partial charge on any atom is 0.193 e. The van der Waals surface area contributed by atoms with Crippen LogP contribution in [0.5, 0.6) is 23.0 Å². The number of carbonyl (C=O) groups excluding carboxylic acids is 1. The van der Waals surface area contributed by atoms with E-state index in [1.807, 2.05) is 27.7 Å². The summed E-state index contributed by atoms with van der Waals surface area (Å²) in [5.74, 6) is 0.669. The molecule has 192 valence electrons. The van der Waals surface area contributed by atoms with Crippen molar-refractivity contribution < 1.29 is 23.7 Å². The predicted octanol–water partition coefficient (Wildman–Crippen LogP) is 6.97.